The van der Waals surface area contributed by atoms with E-state index in [2.05, 4.69) is 4.99 Å². The van der Waals surface area contributed by atoms with Crippen molar-refractivity contribution in [3.8, 4) is 0 Å². The van der Waals surface area contributed by atoms with Gasteiger partial charge in [-0.05, 0) is 17.7 Å². The van der Waals surface area contributed by atoms with Gasteiger partial charge < -0.3 is 9.47 Å². The molecule has 2 amide bonds. The van der Waals surface area contributed by atoms with E-state index in [1.54, 1.807) is 4.90 Å². The predicted molar refractivity (Wildman–Crippen MR) is 101 cm³/mol. The lowest BCUT2D eigenvalue weighted by Crippen LogP contribution is -2.26. The fourth-order valence-corrected chi connectivity index (χ4v) is 4.29. The lowest BCUT2D eigenvalue weighted by Gasteiger charge is -2.15. The number of likely N-dealkylation sites (tertiary alicyclic amines) is 1. The monoisotopic (exact) mass is 365 g/mol. The number of fused-ring (bicyclic) bond motifs is 1. The number of thiazole rings is 1. The molecule has 2 aromatic carbocycles. The van der Waals surface area contributed by atoms with Crippen LogP contribution in [0.5, 0.6) is 0 Å². The Kier molecular flexibility index (Phi) is 4.42. The molecule has 1 saturated heterocycles. The third kappa shape index (κ3) is 3.20. The molecule has 3 aromatic rings. The van der Waals surface area contributed by atoms with Gasteiger partial charge in [-0.15, -0.1) is 0 Å². The average molecular weight is 365 g/mol. The molecule has 1 aromatic heterocycles. The molecular formula is C20H19N3O2S. The van der Waals surface area contributed by atoms with Gasteiger partial charge in [0.25, 0.3) is 5.91 Å². The molecule has 1 fully saturated rings. The van der Waals surface area contributed by atoms with Gasteiger partial charge in [0.1, 0.15) is 0 Å². The molecule has 0 unspecified atom stereocenters. The minimum Gasteiger partial charge on any atom is -0.338 e. The van der Waals surface area contributed by atoms with Crippen LogP contribution < -0.4 is 4.80 Å². The van der Waals surface area contributed by atoms with Crippen LogP contribution >= 0.6 is 11.3 Å². The number of benzene rings is 2. The van der Waals surface area contributed by atoms with E-state index in [1.807, 2.05) is 66.2 Å². The molecule has 6 heteroatoms. The molecule has 0 aliphatic carbocycles. The van der Waals surface area contributed by atoms with Gasteiger partial charge in [0.2, 0.25) is 5.91 Å². The number of carbonyl (C=O) groups excluding carboxylic acids is 2. The first-order chi connectivity index (χ1) is 12.6. The number of nitrogens with zero attached hydrogens (tertiary/aromatic N) is 3. The van der Waals surface area contributed by atoms with Crippen LogP contribution in [-0.2, 0) is 23.2 Å². The number of aryl methyl sites for hydroxylation is 1. The van der Waals surface area contributed by atoms with Crippen LogP contribution in [0.1, 0.15) is 12.0 Å². The maximum absolute atomic E-state index is 12.6. The van der Waals surface area contributed by atoms with Gasteiger partial charge in [-0.1, -0.05) is 53.8 Å². The lowest BCUT2D eigenvalue weighted by atomic mass is 10.1. The number of rotatable bonds is 3. The van der Waals surface area contributed by atoms with Crippen molar-refractivity contribution in [2.24, 2.45) is 18.0 Å². The maximum Gasteiger partial charge on any atom is 0.253 e. The summed E-state index contributed by atoms with van der Waals surface area (Å²) in [6.07, 6.45) is 0.240. The highest BCUT2D eigenvalue weighted by Crippen LogP contribution is 2.22. The van der Waals surface area contributed by atoms with Crippen LogP contribution in [-0.4, -0.2) is 27.8 Å². The summed E-state index contributed by atoms with van der Waals surface area (Å²) in [4.78, 5) is 31.7. The lowest BCUT2D eigenvalue weighted by molar-refractivity contribution is -0.128. The third-order valence-electron chi connectivity index (χ3n) is 4.70. The van der Waals surface area contributed by atoms with Gasteiger partial charge in [-0.25, -0.2) is 0 Å². The molecule has 0 bridgehead atoms. The standard InChI is InChI=1S/C20H19N3O2S/c1-22-16-9-5-6-10-17(16)26-20(22)21-19(25)15-11-18(24)23(13-15)12-14-7-3-2-4-8-14/h2-10,15H,11-13H2,1H3/t15-/m0/s1. The van der Waals surface area contributed by atoms with Gasteiger partial charge in [0.05, 0.1) is 16.1 Å². The second-order valence-corrected chi connectivity index (χ2v) is 7.53. The Balaban J connectivity index is 1.53. The van der Waals surface area contributed by atoms with E-state index in [4.69, 9.17) is 0 Å². The average Bonchev–Trinajstić information content (AvgIpc) is 3.17. The summed E-state index contributed by atoms with van der Waals surface area (Å²) in [6.45, 7) is 0.977. The van der Waals surface area contributed by atoms with Gasteiger partial charge in [0, 0.05) is 26.6 Å². The third-order valence-corrected chi connectivity index (χ3v) is 5.81. The first-order valence-corrected chi connectivity index (χ1v) is 9.38. The highest BCUT2D eigenvalue weighted by molar-refractivity contribution is 7.16. The maximum atomic E-state index is 12.6. The Morgan fingerprint density at radius 1 is 1.15 bits per heavy atom. The zero-order chi connectivity index (χ0) is 18.1. The molecule has 4 rings (SSSR count). The molecule has 1 aliphatic heterocycles. The second-order valence-electron chi connectivity index (χ2n) is 6.52. The summed E-state index contributed by atoms with van der Waals surface area (Å²) >= 11 is 1.49. The summed E-state index contributed by atoms with van der Waals surface area (Å²) in [5.41, 5.74) is 2.12. The second kappa shape index (κ2) is 6.88. The summed E-state index contributed by atoms with van der Waals surface area (Å²) in [6, 6.07) is 17.8. The van der Waals surface area contributed by atoms with E-state index in [9.17, 15) is 9.59 Å². The van der Waals surface area contributed by atoms with E-state index in [0.717, 1.165) is 15.8 Å². The Hall–Kier alpha value is -2.73. The number of para-hydroxylation sites is 1. The number of hydrogen-bond donors (Lipinski definition) is 0. The van der Waals surface area contributed by atoms with Crippen molar-refractivity contribution < 1.29 is 9.59 Å². The molecule has 0 saturated carbocycles. The molecule has 0 radical (unpaired) electrons. The smallest absolute Gasteiger partial charge is 0.253 e. The topological polar surface area (TPSA) is 54.7 Å². The number of amides is 2. The molecule has 2 heterocycles. The Labute approximate surface area is 155 Å². The first kappa shape index (κ1) is 16.7. The Bertz CT molecular complexity index is 1040. The normalized spacial score (nSPS) is 18.0. The summed E-state index contributed by atoms with van der Waals surface area (Å²) in [5.74, 6) is -0.560. The van der Waals surface area contributed by atoms with Crippen molar-refractivity contribution in [3.63, 3.8) is 0 Å². The van der Waals surface area contributed by atoms with Crippen molar-refractivity contribution in [1.82, 2.24) is 9.47 Å². The van der Waals surface area contributed by atoms with Crippen molar-refractivity contribution in [2.75, 3.05) is 6.54 Å². The van der Waals surface area contributed by atoms with Crippen molar-refractivity contribution in [1.29, 1.82) is 0 Å². The first-order valence-electron chi connectivity index (χ1n) is 8.56. The summed E-state index contributed by atoms with van der Waals surface area (Å²) < 4.78 is 3.02. The molecule has 132 valence electrons. The van der Waals surface area contributed by atoms with Crippen molar-refractivity contribution >= 4 is 33.4 Å². The zero-order valence-electron chi connectivity index (χ0n) is 14.5. The Morgan fingerprint density at radius 3 is 2.65 bits per heavy atom. The van der Waals surface area contributed by atoms with Gasteiger partial charge >= 0.3 is 0 Å². The fraction of sp³-hybridized carbons (Fsp3) is 0.250. The van der Waals surface area contributed by atoms with Gasteiger partial charge in [-0.2, -0.15) is 4.99 Å². The Morgan fingerprint density at radius 2 is 1.88 bits per heavy atom. The van der Waals surface area contributed by atoms with Crippen LogP contribution in [0.4, 0.5) is 0 Å². The number of carbonyl (C=O) groups is 2. The molecule has 26 heavy (non-hydrogen) atoms. The van der Waals surface area contributed by atoms with Crippen LogP contribution in [0.25, 0.3) is 10.2 Å². The van der Waals surface area contributed by atoms with E-state index >= 15 is 0 Å². The fourth-order valence-electron chi connectivity index (χ4n) is 3.27. The largest absolute Gasteiger partial charge is 0.338 e. The van der Waals surface area contributed by atoms with E-state index in [0.29, 0.717) is 17.9 Å². The molecule has 5 nitrogen and oxygen atoms in total. The molecule has 0 spiro atoms. The predicted octanol–water partition coefficient (Wildman–Crippen LogP) is 2.72. The number of aromatic nitrogens is 1. The zero-order valence-corrected chi connectivity index (χ0v) is 15.3. The summed E-state index contributed by atoms with van der Waals surface area (Å²) in [7, 11) is 1.91. The van der Waals surface area contributed by atoms with Gasteiger partial charge in [-0.3, -0.25) is 9.59 Å². The van der Waals surface area contributed by atoms with E-state index in [-0.39, 0.29) is 24.2 Å². The molecule has 0 N–H and O–H groups in total. The molecular weight excluding hydrogens is 346 g/mol. The van der Waals surface area contributed by atoms with E-state index < -0.39 is 0 Å². The van der Waals surface area contributed by atoms with Crippen LogP contribution in [0.3, 0.4) is 0 Å². The minimum absolute atomic E-state index is 0.0168. The van der Waals surface area contributed by atoms with Crippen LogP contribution in [0, 0.1) is 5.92 Å². The SMILES string of the molecule is Cn1c(=NC(=O)[C@H]2CC(=O)N(Cc3ccccc3)C2)sc2ccccc21. The molecule has 1 aliphatic rings. The van der Waals surface area contributed by atoms with E-state index in [1.165, 1.54) is 11.3 Å². The van der Waals surface area contributed by atoms with Crippen LogP contribution in [0.2, 0.25) is 0 Å². The highest BCUT2D eigenvalue weighted by atomic mass is 32.1. The minimum atomic E-state index is -0.364. The quantitative estimate of drug-likeness (QED) is 0.717. The van der Waals surface area contributed by atoms with Crippen molar-refractivity contribution in [2.45, 2.75) is 13.0 Å². The van der Waals surface area contributed by atoms with Crippen molar-refractivity contribution in [3.05, 3.63) is 65.0 Å². The van der Waals surface area contributed by atoms with Crippen LogP contribution in [0.15, 0.2) is 59.6 Å². The highest BCUT2D eigenvalue weighted by Gasteiger charge is 2.34. The van der Waals surface area contributed by atoms with Gasteiger partial charge in [0.15, 0.2) is 4.80 Å². The summed E-state index contributed by atoms with van der Waals surface area (Å²) in [5, 5.41) is 0. The number of hydrogen-bond acceptors (Lipinski definition) is 3. The molecule has 1 atom stereocenters.